The van der Waals surface area contributed by atoms with E-state index < -0.39 is 0 Å². The average molecular weight is 237 g/mol. The van der Waals surface area contributed by atoms with E-state index in [0.717, 1.165) is 38.8 Å². The Morgan fingerprint density at radius 1 is 1.18 bits per heavy atom. The number of nitrogens with one attached hydrogen (secondary N) is 1. The first-order valence-corrected chi connectivity index (χ1v) is 7.21. The minimum absolute atomic E-state index is 0.176. The van der Waals surface area contributed by atoms with Crippen molar-refractivity contribution >= 4 is 5.91 Å². The molecule has 0 aromatic heterocycles. The molecule has 1 aliphatic carbocycles. The van der Waals surface area contributed by atoms with Crippen molar-refractivity contribution < 1.29 is 9.53 Å². The van der Waals surface area contributed by atoms with Gasteiger partial charge in [0, 0.05) is 19.1 Å². The molecule has 3 nitrogen and oxygen atoms in total. The van der Waals surface area contributed by atoms with Crippen LogP contribution in [0.2, 0.25) is 0 Å². The van der Waals surface area contributed by atoms with Crippen LogP contribution in [-0.4, -0.2) is 24.7 Å². The molecule has 2 atom stereocenters. The summed E-state index contributed by atoms with van der Waals surface area (Å²) in [5.74, 6) is 1.14. The minimum atomic E-state index is 0.176. The van der Waals surface area contributed by atoms with Gasteiger partial charge in [0.1, 0.15) is 0 Å². The van der Waals surface area contributed by atoms with Crippen LogP contribution in [0.4, 0.5) is 0 Å². The van der Waals surface area contributed by atoms with Crippen molar-refractivity contribution in [2.24, 2.45) is 11.8 Å². The van der Waals surface area contributed by atoms with E-state index in [1.54, 1.807) is 0 Å². The first-order chi connectivity index (χ1) is 8.29. The summed E-state index contributed by atoms with van der Waals surface area (Å²) in [6.45, 7) is 1.75. The van der Waals surface area contributed by atoms with Crippen LogP contribution in [0.1, 0.15) is 51.4 Å². The summed E-state index contributed by atoms with van der Waals surface area (Å²) in [5, 5.41) is 3.08. The molecule has 3 rings (SSSR count). The second-order valence-corrected chi connectivity index (χ2v) is 6.03. The molecule has 2 aliphatic heterocycles. The van der Waals surface area contributed by atoms with Crippen LogP contribution in [0.3, 0.4) is 0 Å². The van der Waals surface area contributed by atoms with E-state index >= 15 is 0 Å². The highest BCUT2D eigenvalue weighted by Crippen LogP contribution is 2.46. The summed E-state index contributed by atoms with van der Waals surface area (Å²) in [5.41, 5.74) is 0.176. The number of rotatable bonds is 1. The van der Waals surface area contributed by atoms with E-state index in [2.05, 4.69) is 5.32 Å². The van der Waals surface area contributed by atoms with Gasteiger partial charge in [-0.25, -0.2) is 0 Å². The predicted octanol–water partition coefficient (Wildman–Crippen LogP) is 2.25. The third-order valence-corrected chi connectivity index (χ3v) is 4.94. The zero-order chi connectivity index (χ0) is 11.7. The van der Waals surface area contributed by atoms with Gasteiger partial charge >= 0.3 is 0 Å². The Hall–Kier alpha value is -0.570. The quantitative estimate of drug-likeness (QED) is 0.759. The fraction of sp³-hybridized carbons (Fsp3) is 0.929. The number of hydrogen-bond donors (Lipinski definition) is 1. The van der Waals surface area contributed by atoms with Crippen molar-refractivity contribution in [2.45, 2.75) is 57.0 Å². The fourth-order valence-electron chi connectivity index (χ4n) is 3.74. The molecule has 2 unspecified atom stereocenters. The second-order valence-electron chi connectivity index (χ2n) is 6.03. The van der Waals surface area contributed by atoms with Gasteiger partial charge in [-0.3, -0.25) is 4.79 Å². The Kier molecular flexibility index (Phi) is 3.12. The van der Waals surface area contributed by atoms with Crippen molar-refractivity contribution in [1.82, 2.24) is 5.32 Å². The minimum Gasteiger partial charge on any atom is -0.375 e. The lowest BCUT2D eigenvalue weighted by molar-refractivity contribution is -0.155. The third kappa shape index (κ3) is 2.22. The largest absolute Gasteiger partial charge is 0.375 e. The molecule has 3 heteroatoms. The zero-order valence-electron chi connectivity index (χ0n) is 10.5. The third-order valence-electron chi connectivity index (χ3n) is 4.94. The molecule has 1 spiro atoms. The van der Waals surface area contributed by atoms with E-state index in [-0.39, 0.29) is 11.5 Å². The molecule has 0 aromatic carbocycles. The zero-order valence-corrected chi connectivity index (χ0v) is 10.5. The number of hydrogen-bond acceptors (Lipinski definition) is 2. The molecule has 1 amide bonds. The summed E-state index contributed by atoms with van der Waals surface area (Å²) >= 11 is 0. The molecule has 96 valence electrons. The van der Waals surface area contributed by atoms with Gasteiger partial charge in [-0.1, -0.05) is 6.42 Å². The molecule has 3 aliphatic rings. The van der Waals surface area contributed by atoms with E-state index in [1.165, 1.54) is 25.7 Å². The summed E-state index contributed by atoms with van der Waals surface area (Å²) < 4.78 is 5.96. The Morgan fingerprint density at radius 3 is 2.82 bits per heavy atom. The first kappa shape index (κ1) is 11.5. The standard InChI is InChI=1S/C14H23NO2/c16-13-12(4-1-2-8-15-13)11-5-9-17-14(10-11)6-3-7-14/h11-12H,1-10H2,(H,15,16). The van der Waals surface area contributed by atoms with Crippen LogP contribution in [0.5, 0.6) is 0 Å². The summed E-state index contributed by atoms with van der Waals surface area (Å²) in [6, 6.07) is 0. The molecule has 0 bridgehead atoms. The monoisotopic (exact) mass is 237 g/mol. The maximum absolute atomic E-state index is 12.1. The molecule has 2 saturated heterocycles. The number of amides is 1. The molecule has 2 heterocycles. The maximum atomic E-state index is 12.1. The van der Waals surface area contributed by atoms with Crippen molar-refractivity contribution in [3.8, 4) is 0 Å². The molecular weight excluding hydrogens is 214 g/mol. The molecule has 0 radical (unpaired) electrons. The lowest BCUT2D eigenvalue weighted by Gasteiger charge is -2.48. The van der Waals surface area contributed by atoms with E-state index in [1.807, 2.05) is 0 Å². The first-order valence-electron chi connectivity index (χ1n) is 7.21. The molecular formula is C14H23NO2. The van der Waals surface area contributed by atoms with Crippen LogP contribution >= 0.6 is 0 Å². The topological polar surface area (TPSA) is 38.3 Å². The van der Waals surface area contributed by atoms with Crippen molar-refractivity contribution in [1.29, 1.82) is 0 Å². The van der Waals surface area contributed by atoms with Crippen LogP contribution in [0.25, 0.3) is 0 Å². The van der Waals surface area contributed by atoms with Gasteiger partial charge in [0.15, 0.2) is 0 Å². The highest BCUT2D eigenvalue weighted by atomic mass is 16.5. The van der Waals surface area contributed by atoms with E-state index in [0.29, 0.717) is 11.8 Å². The highest BCUT2D eigenvalue weighted by molar-refractivity contribution is 5.79. The Bertz CT molecular complexity index is 299. The van der Waals surface area contributed by atoms with Gasteiger partial charge in [0.05, 0.1) is 5.60 Å². The number of carbonyl (C=O) groups is 1. The Labute approximate surface area is 103 Å². The van der Waals surface area contributed by atoms with Gasteiger partial charge in [0.2, 0.25) is 5.91 Å². The van der Waals surface area contributed by atoms with Crippen LogP contribution < -0.4 is 5.32 Å². The van der Waals surface area contributed by atoms with E-state index in [4.69, 9.17) is 4.74 Å². The van der Waals surface area contributed by atoms with Gasteiger partial charge in [-0.15, -0.1) is 0 Å². The number of carbonyl (C=O) groups excluding carboxylic acids is 1. The molecule has 1 N–H and O–H groups in total. The molecule has 17 heavy (non-hydrogen) atoms. The summed E-state index contributed by atoms with van der Waals surface area (Å²) in [4.78, 5) is 12.1. The van der Waals surface area contributed by atoms with Crippen LogP contribution in [0, 0.1) is 11.8 Å². The summed E-state index contributed by atoms with van der Waals surface area (Å²) in [6.07, 6.45) is 9.40. The molecule has 0 aromatic rings. The fourth-order valence-corrected chi connectivity index (χ4v) is 3.74. The highest BCUT2D eigenvalue weighted by Gasteiger charge is 2.45. The van der Waals surface area contributed by atoms with Gasteiger partial charge < -0.3 is 10.1 Å². The Balaban J connectivity index is 1.67. The molecule has 1 saturated carbocycles. The second kappa shape index (κ2) is 4.60. The SMILES string of the molecule is O=C1NCCCCC1C1CCOC2(CCC2)C1. The van der Waals surface area contributed by atoms with Crippen LogP contribution in [-0.2, 0) is 9.53 Å². The lowest BCUT2D eigenvalue weighted by Crippen LogP contribution is -2.48. The van der Waals surface area contributed by atoms with Gasteiger partial charge in [-0.05, 0) is 50.9 Å². The number of ether oxygens (including phenoxy) is 1. The lowest BCUT2D eigenvalue weighted by atomic mass is 9.68. The summed E-state index contributed by atoms with van der Waals surface area (Å²) in [7, 11) is 0. The Morgan fingerprint density at radius 2 is 2.06 bits per heavy atom. The predicted molar refractivity (Wildman–Crippen MR) is 65.6 cm³/mol. The normalized spacial score (nSPS) is 37.1. The van der Waals surface area contributed by atoms with Crippen LogP contribution in [0.15, 0.2) is 0 Å². The smallest absolute Gasteiger partial charge is 0.223 e. The van der Waals surface area contributed by atoms with Crippen molar-refractivity contribution in [3.63, 3.8) is 0 Å². The van der Waals surface area contributed by atoms with E-state index in [9.17, 15) is 4.79 Å². The maximum Gasteiger partial charge on any atom is 0.223 e. The van der Waals surface area contributed by atoms with Crippen molar-refractivity contribution in [2.75, 3.05) is 13.2 Å². The molecule has 3 fully saturated rings. The van der Waals surface area contributed by atoms with Gasteiger partial charge in [-0.2, -0.15) is 0 Å². The average Bonchev–Trinajstić information content (AvgIpc) is 2.52. The van der Waals surface area contributed by atoms with Crippen molar-refractivity contribution in [3.05, 3.63) is 0 Å². The van der Waals surface area contributed by atoms with Gasteiger partial charge in [0.25, 0.3) is 0 Å².